The van der Waals surface area contributed by atoms with Crippen LogP contribution in [0, 0.1) is 6.92 Å². The number of furan rings is 1. The molecule has 7 heteroatoms. The number of ether oxygens (including phenoxy) is 1. The lowest BCUT2D eigenvalue weighted by Gasteiger charge is -2.05. The molecule has 4 rings (SSSR count). The highest BCUT2D eigenvalue weighted by molar-refractivity contribution is 7.22. The average Bonchev–Trinajstić information content (AvgIpc) is 3.20. The molecule has 0 bridgehead atoms. The molecule has 5 nitrogen and oxygen atoms in total. The minimum absolute atomic E-state index is 0.257. The summed E-state index contributed by atoms with van der Waals surface area (Å²) in [6.45, 7) is 4.55. The first-order chi connectivity index (χ1) is 13.5. The first-order valence-corrected chi connectivity index (χ1v) is 10.3. The molecule has 2 aromatic carbocycles. The van der Waals surface area contributed by atoms with E-state index in [2.05, 4.69) is 17.2 Å². The van der Waals surface area contributed by atoms with Crippen molar-refractivity contribution < 1.29 is 13.9 Å². The molecule has 2 heterocycles. The summed E-state index contributed by atoms with van der Waals surface area (Å²) in [5.41, 5.74) is 1.94. The molecule has 0 aliphatic carbocycles. The zero-order valence-electron chi connectivity index (χ0n) is 15.5. The number of halogens is 1. The monoisotopic (exact) mass is 414 g/mol. The number of amides is 1. The predicted molar refractivity (Wildman–Crippen MR) is 114 cm³/mol. The minimum atomic E-state index is -0.257. The van der Waals surface area contributed by atoms with Crippen LogP contribution in [0.4, 0.5) is 5.13 Å². The van der Waals surface area contributed by atoms with E-state index in [1.807, 2.05) is 30.3 Å². The Morgan fingerprint density at radius 2 is 2.14 bits per heavy atom. The molecule has 0 radical (unpaired) electrons. The molecule has 0 aliphatic rings. The summed E-state index contributed by atoms with van der Waals surface area (Å²) in [4.78, 5) is 17.4. The maximum absolute atomic E-state index is 13.0. The SMILES string of the molecule is CCCCOc1ccc2oc(C)c(C(=O)Nc3nc4ccc(Cl)cc4s3)c2c1. The molecule has 0 fully saturated rings. The van der Waals surface area contributed by atoms with Crippen LogP contribution in [0.1, 0.15) is 35.9 Å². The van der Waals surface area contributed by atoms with Crippen LogP contribution in [0.5, 0.6) is 5.75 Å². The van der Waals surface area contributed by atoms with Crippen LogP contribution in [-0.4, -0.2) is 17.5 Å². The lowest BCUT2D eigenvalue weighted by Crippen LogP contribution is -2.12. The number of carbonyl (C=O) groups is 1. The Bertz CT molecular complexity index is 1170. The fraction of sp³-hybridized carbons (Fsp3) is 0.238. The Labute approximate surface area is 171 Å². The largest absolute Gasteiger partial charge is 0.494 e. The summed E-state index contributed by atoms with van der Waals surface area (Å²) in [5.74, 6) is 1.03. The number of carbonyl (C=O) groups excluding carboxylic acids is 1. The van der Waals surface area contributed by atoms with Crippen molar-refractivity contribution in [2.75, 3.05) is 11.9 Å². The van der Waals surface area contributed by atoms with Crippen molar-refractivity contribution in [3.8, 4) is 5.75 Å². The van der Waals surface area contributed by atoms with E-state index in [1.54, 1.807) is 13.0 Å². The summed E-state index contributed by atoms with van der Waals surface area (Å²) in [7, 11) is 0. The average molecular weight is 415 g/mol. The highest BCUT2D eigenvalue weighted by Gasteiger charge is 2.20. The molecular weight excluding hydrogens is 396 g/mol. The summed E-state index contributed by atoms with van der Waals surface area (Å²) < 4.78 is 12.5. The zero-order valence-corrected chi connectivity index (χ0v) is 17.1. The molecule has 4 aromatic rings. The molecule has 1 N–H and O–H groups in total. The number of fused-ring (bicyclic) bond motifs is 2. The third-order valence-electron chi connectivity index (χ3n) is 4.40. The number of hydrogen-bond donors (Lipinski definition) is 1. The van der Waals surface area contributed by atoms with Crippen LogP contribution in [-0.2, 0) is 0 Å². The molecule has 0 unspecified atom stereocenters. The Morgan fingerprint density at radius 1 is 1.29 bits per heavy atom. The van der Waals surface area contributed by atoms with Crippen LogP contribution < -0.4 is 10.1 Å². The minimum Gasteiger partial charge on any atom is -0.494 e. The quantitative estimate of drug-likeness (QED) is 0.369. The van der Waals surface area contributed by atoms with E-state index in [4.69, 9.17) is 20.8 Å². The maximum atomic E-state index is 13.0. The third-order valence-corrected chi connectivity index (χ3v) is 5.57. The standard InChI is InChI=1S/C21H19ClN2O3S/c1-3-4-9-26-14-6-8-17-15(11-14)19(12(2)27-17)20(25)24-21-23-16-7-5-13(22)10-18(16)28-21/h5-8,10-11H,3-4,9H2,1-2H3,(H,23,24,25). The van der Waals surface area contributed by atoms with Gasteiger partial charge in [0, 0.05) is 10.4 Å². The first-order valence-electron chi connectivity index (χ1n) is 9.08. The number of nitrogens with zero attached hydrogens (tertiary/aromatic N) is 1. The van der Waals surface area contributed by atoms with Crippen molar-refractivity contribution in [3.63, 3.8) is 0 Å². The van der Waals surface area contributed by atoms with Gasteiger partial charge in [0.15, 0.2) is 5.13 Å². The number of nitrogens with one attached hydrogen (secondary N) is 1. The van der Waals surface area contributed by atoms with Crippen LogP contribution in [0.15, 0.2) is 40.8 Å². The van der Waals surface area contributed by atoms with Crippen LogP contribution >= 0.6 is 22.9 Å². The number of thiazole rings is 1. The molecule has 0 aliphatic heterocycles. The fourth-order valence-electron chi connectivity index (χ4n) is 3.02. The fourth-order valence-corrected chi connectivity index (χ4v) is 4.15. The van der Waals surface area contributed by atoms with Crippen molar-refractivity contribution in [3.05, 3.63) is 52.7 Å². The van der Waals surface area contributed by atoms with Crippen LogP contribution in [0.3, 0.4) is 0 Å². The van der Waals surface area contributed by atoms with E-state index in [-0.39, 0.29) is 5.91 Å². The molecule has 0 saturated heterocycles. The Balaban J connectivity index is 1.63. The Kier molecular flexibility index (Phi) is 5.24. The van der Waals surface area contributed by atoms with Gasteiger partial charge in [-0.05, 0) is 49.7 Å². The van der Waals surface area contributed by atoms with Crippen molar-refractivity contribution in [2.24, 2.45) is 0 Å². The number of aryl methyl sites for hydroxylation is 1. The molecule has 2 aromatic heterocycles. The van der Waals surface area contributed by atoms with E-state index in [0.717, 1.165) is 34.2 Å². The second-order valence-corrected chi connectivity index (χ2v) is 7.95. The number of anilines is 1. The van der Waals surface area contributed by atoms with Crippen molar-refractivity contribution in [1.82, 2.24) is 4.98 Å². The summed E-state index contributed by atoms with van der Waals surface area (Å²) in [6.07, 6.45) is 2.05. The Morgan fingerprint density at radius 3 is 2.96 bits per heavy atom. The van der Waals surface area contributed by atoms with Gasteiger partial charge in [0.1, 0.15) is 17.1 Å². The topological polar surface area (TPSA) is 64.4 Å². The lowest BCUT2D eigenvalue weighted by atomic mass is 10.1. The van der Waals surface area contributed by atoms with Gasteiger partial charge in [-0.3, -0.25) is 10.1 Å². The summed E-state index contributed by atoms with van der Waals surface area (Å²) in [6, 6.07) is 11.0. The first kappa shape index (κ1) is 18.8. The second kappa shape index (κ2) is 7.81. The highest BCUT2D eigenvalue weighted by atomic mass is 35.5. The summed E-state index contributed by atoms with van der Waals surface area (Å²) >= 11 is 7.41. The normalized spacial score (nSPS) is 11.2. The van der Waals surface area contributed by atoms with Crippen LogP contribution in [0.2, 0.25) is 5.02 Å². The smallest absolute Gasteiger partial charge is 0.261 e. The van der Waals surface area contributed by atoms with E-state index < -0.39 is 0 Å². The van der Waals surface area contributed by atoms with Gasteiger partial charge in [-0.2, -0.15) is 0 Å². The van der Waals surface area contributed by atoms with E-state index in [9.17, 15) is 4.79 Å². The molecular formula is C21H19ClN2O3S. The second-order valence-electron chi connectivity index (χ2n) is 6.48. The lowest BCUT2D eigenvalue weighted by molar-refractivity contribution is 0.102. The van der Waals surface area contributed by atoms with E-state index in [1.165, 1.54) is 11.3 Å². The molecule has 0 saturated carbocycles. The van der Waals surface area contributed by atoms with Gasteiger partial charge >= 0.3 is 0 Å². The van der Waals surface area contributed by atoms with Crippen molar-refractivity contribution >= 4 is 55.2 Å². The van der Waals surface area contributed by atoms with E-state index in [0.29, 0.717) is 33.7 Å². The number of unbranched alkanes of at least 4 members (excludes halogenated alkanes) is 1. The number of hydrogen-bond acceptors (Lipinski definition) is 5. The molecule has 0 atom stereocenters. The maximum Gasteiger partial charge on any atom is 0.261 e. The van der Waals surface area contributed by atoms with Gasteiger partial charge in [-0.1, -0.05) is 36.3 Å². The Hall–Kier alpha value is -2.57. The van der Waals surface area contributed by atoms with Gasteiger partial charge in [-0.25, -0.2) is 4.98 Å². The summed E-state index contributed by atoms with van der Waals surface area (Å²) in [5, 5.41) is 4.77. The van der Waals surface area contributed by atoms with Gasteiger partial charge in [0.25, 0.3) is 5.91 Å². The van der Waals surface area contributed by atoms with Gasteiger partial charge < -0.3 is 9.15 Å². The third kappa shape index (κ3) is 3.70. The molecule has 0 spiro atoms. The number of aromatic nitrogens is 1. The molecule has 144 valence electrons. The van der Waals surface area contributed by atoms with Gasteiger partial charge in [0.05, 0.1) is 22.4 Å². The molecule has 1 amide bonds. The van der Waals surface area contributed by atoms with Crippen LogP contribution in [0.25, 0.3) is 21.2 Å². The van der Waals surface area contributed by atoms with E-state index >= 15 is 0 Å². The van der Waals surface area contributed by atoms with Gasteiger partial charge in [0.2, 0.25) is 0 Å². The van der Waals surface area contributed by atoms with Crippen molar-refractivity contribution in [2.45, 2.75) is 26.7 Å². The molecule has 28 heavy (non-hydrogen) atoms. The number of rotatable bonds is 6. The highest BCUT2D eigenvalue weighted by Crippen LogP contribution is 2.32. The number of benzene rings is 2. The predicted octanol–water partition coefficient (Wildman–Crippen LogP) is 6.44. The van der Waals surface area contributed by atoms with Gasteiger partial charge in [-0.15, -0.1) is 0 Å². The van der Waals surface area contributed by atoms with Crippen molar-refractivity contribution in [1.29, 1.82) is 0 Å². The zero-order chi connectivity index (χ0) is 19.7.